The topological polar surface area (TPSA) is 50.2 Å². The molecule has 0 saturated carbocycles. The predicted octanol–water partition coefficient (Wildman–Crippen LogP) is 2.73. The fraction of sp³-hybridized carbons (Fsp3) is 0.455. The van der Waals surface area contributed by atoms with E-state index in [1.807, 2.05) is 13.8 Å². The summed E-state index contributed by atoms with van der Waals surface area (Å²) in [7, 11) is 0. The Morgan fingerprint density at radius 1 is 1.60 bits per heavy atom. The van der Waals surface area contributed by atoms with Gasteiger partial charge in [0.2, 0.25) is 0 Å². The van der Waals surface area contributed by atoms with Crippen LogP contribution < -0.4 is 0 Å². The first-order chi connectivity index (χ1) is 6.89. The van der Waals surface area contributed by atoms with Gasteiger partial charge >= 0.3 is 5.97 Å². The Morgan fingerprint density at radius 2 is 2.20 bits per heavy atom. The maximum absolute atomic E-state index is 11.3. The number of aromatic nitrogens is 1. The highest BCUT2D eigenvalue weighted by atomic mass is 35.5. The second-order valence-electron chi connectivity index (χ2n) is 4.03. The molecule has 0 saturated heterocycles. The van der Waals surface area contributed by atoms with Crippen LogP contribution in [-0.2, 0) is 10.2 Å². The molecule has 1 N–H and O–H groups in total. The summed E-state index contributed by atoms with van der Waals surface area (Å²) in [6, 6.07) is 3.30. The van der Waals surface area contributed by atoms with Gasteiger partial charge in [-0.15, -0.1) is 0 Å². The Balaban J connectivity index is 3.28. The standard InChI is InChI=1S/C11H14ClNO2/c1-7(2)11(3,10(14)15)8-4-5-13-9(12)6-8/h4-7H,1-3H3,(H,14,15). The SMILES string of the molecule is CC(C)C(C)(C(=O)O)c1ccnc(Cl)c1. The van der Waals surface area contributed by atoms with E-state index in [0.717, 1.165) is 0 Å². The molecule has 0 radical (unpaired) electrons. The monoisotopic (exact) mass is 227 g/mol. The van der Waals surface area contributed by atoms with Crippen LogP contribution in [0.25, 0.3) is 0 Å². The number of carbonyl (C=O) groups is 1. The van der Waals surface area contributed by atoms with Crippen molar-refractivity contribution in [2.75, 3.05) is 0 Å². The third kappa shape index (κ3) is 2.12. The minimum Gasteiger partial charge on any atom is -0.481 e. The van der Waals surface area contributed by atoms with Crippen LogP contribution in [0.4, 0.5) is 0 Å². The largest absolute Gasteiger partial charge is 0.481 e. The molecule has 0 aliphatic heterocycles. The Hall–Kier alpha value is -1.09. The van der Waals surface area contributed by atoms with Crippen molar-refractivity contribution in [1.82, 2.24) is 4.98 Å². The van der Waals surface area contributed by atoms with Crippen molar-refractivity contribution >= 4 is 17.6 Å². The minimum atomic E-state index is -0.924. The number of carboxylic acid groups (broad SMARTS) is 1. The molecule has 0 aliphatic carbocycles. The summed E-state index contributed by atoms with van der Waals surface area (Å²) in [4.78, 5) is 15.2. The molecular formula is C11H14ClNO2. The molecule has 0 aliphatic rings. The van der Waals surface area contributed by atoms with Crippen LogP contribution in [0.2, 0.25) is 5.15 Å². The van der Waals surface area contributed by atoms with Gasteiger partial charge in [-0.25, -0.2) is 4.98 Å². The molecule has 1 rings (SSSR count). The first-order valence-electron chi connectivity index (χ1n) is 4.74. The fourth-order valence-electron chi connectivity index (χ4n) is 1.43. The molecule has 1 unspecified atom stereocenters. The van der Waals surface area contributed by atoms with E-state index in [9.17, 15) is 9.90 Å². The summed E-state index contributed by atoms with van der Waals surface area (Å²) >= 11 is 5.76. The molecular weight excluding hydrogens is 214 g/mol. The lowest BCUT2D eigenvalue weighted by Gasteiger charge is -2.29. The van der Waals surface area contributed by atoms with Gasteiger partial charge in [-0.2, -0.15) is 0 Å². The molecule has 1 aromatic rings. The van der Waals surface area contributed by atoms with Crippen LogP contribution in [-0.4, -0.2) is 16.1 Å². The van der Waals surface area contributed by atoms with Gasteiger partial charge in [-0.05, 0) is 30.5 Å². The first kappa shape index (κ1) is 12.0. The van der Waals surface area contributed by atoms with E-state index in [1.54, 1.807) is 19.1 Å². The van der Waals surface area contributed by atoms with E-state index < -0.39 is 11.4 Å². The Labute approximate surface area is 94.1 Å². The maximum Gasteiger partial charge on any atom is 0.314 e. The molecule has 15 heavy (non-hydrogen) atoms. The van der Waals surface area contributed by atoms with Gasteiger partial charge in [-0.1, -0.05) is 25.4 Å². The van der Waals surface area contributed by atoms with Crippen molar-refractivity contribution < 1.29 is 9.90 Å². The summed E-state index contributed by atoms with van der Waals surface area (Å²) in [6.07, 6.45) is 1.53. The molecule has 0 amide bonds. The van der Waals surface area contributed by atoms with Crippen molar-refractivity contribution in [2.45, 2.75) is 26.2 Å². The molecule has 82 valence electrons. The normalized spacial score (nSPS) is 15.0. The van der Waals surface area contributed by atoms with E-state index >= 15 is 0 Å². The number of nitrogens with zero attached hydrogens (tertiary/aromatic N) is 1. The number of hydrogen-bond acceptors (Lipinski definition) is 2. The Bertz CT molecular complexity index is 379. The summed E-state index contributed by atoms with van der Waals surface area (Å²) in [5.74, 6) is -0.867. The van der Waals surface area contributed by atoms with E-state index in [-0.39, 0.29) is 5.92 Å². The van der Waals surface area contributed by atoms with E-state index in [4.69, 9.17) is 11.6 Å². The van der Waals surface area contributed by atoms with Gasteiger partial charge in [-0.3, -0.25) is 4.79 Å². The molecule has 1 aromatic heterocycles. The predicted molar refractivity (Wildman–Crippen MR) is 59.1 cm³/mol. The highest BCUT2D eigenvalue weighted by Gasteiger charge is 2.38. The molecule has 1 atom stereocenters. The molecule has 0 fully saturated rings. The van der Waals surface area contributed by atoms with E-state index in [0.29, 0.717) is 10.7 Å². The Morgan fingerprint density at radius 3 is 2.60 bits per heavy atom. The summed E-state index contributed by atoms with van der Waals surface area (Å²) in [5, 5.41) is 9.60. The van der Waals surface area contributed by atoms with Crippen LogP contribution in [0.15, 0.2) is 18.3 Å². The van der Waals surface area contributed by atoms with Crippen LogP contribution >= 0.6 is 11.6 Å². The molecule has 0 spiro atoms. The fourth-order valence-corrected chi connectivity index (χ4v) is 1.60. The lowest BCUT2D eigenvalue weighted by molar-refractivity contribution is -0.145. The number of carboxylic acids is 1. The van der Waals surface area contributed by atoms with Crippen LogP contribution in [0.5, 0.6) is 0 Å². The van der Waals surface area contributed by atoms with Gasteiger partial charge in [0.1, 0.15) is 5.15 Å². The van der Waals surface area contributed by atoms with Crippen molar-refractivity contribution in [3.63, 3.8) is 0 Å². The summed E-state index contributed by atoms with van der Waals surface area (Å²) in [5.41, 5.74) is -0.239. The third-order valence-corrected chi connectivity index (χ3v) is 3.13. The number of halogens is 1. The smallest absolute Gasteiger partial charge is 0.314 e. The minimum absolute atomic E-state index is 0.0199. The van der Waals surface area contributed by atoms with Crippen molar-refractivity contribution in [3.05, 3.63) is 29.0 Å². The number of hydrogen-bond donors (Lipinski definition) is 1. The second-order valence-corrected chi connectivity index (χ2v) is 4.42. The number of aliphatic carboxylic acids is 1. The summed E-state index contributed by atoms with van der Waals surface area (Å²) in [6.45, 7) is 5.45. The van der Waals surface area contributed by atoms with Crippen LogP contribution in [0, 0.1) is 5.92 Å². The first-order valence-corrected chi connectivity index (χ1v) is 5.12. The van der Waals surface area contributed by atoms with Crippen LogP contribution in [0.3, 0.4) is 0 Å². The number of rotatable bonds is 3. The van der Waals surface area contributed by atoms with Gasteiger partial charge < -0.3 is 5.11 Å². The number of pyridine rings is 1. The average molecular weight is 228 g/mol. The molecule has 0 bridgehead atoms. The van der Waals surface area contributed by atoms with E-state index in [2.05, 4.69) is 4.98 Å². The zero-order valence-electron chi connectivity index (χ0n) is 8.99. The lowest BCUT2D eigenvalue weighted by Crippen LogP contribution is -2.37. The van der Waals surface area contributed by atoms with E-state index in [1.165, 1.54) is 6.20 Å². The van der Waals surface area contributed by atoms with Gasteiger partial charge in [0.05, 0.1) is 5.41 Å². The molecule has 3 nitrogen and oxygen atoms in total. The maximum atomic E-state index is 11.3. The highest BCUT2D eigenvalue weighted by molar-refractivity contribution is 6.29. The average Bonchev–Trinajstić information content (AvgIpc) is 2.15. The quantitative estimate of drug-likeness (QED) is 0.808. The zero-order chi connectivity index (χ0) is 11.6. The van der Waals surface area contributed by atoms with Crippen molar-refractivity contribution in [2.24, 2.45) is 5.92 Å². The second kappa shape index (κ2) is 4.19. The van der Waals surface area contributed by atoms with Gasteiger partial charge in [0.15, 0.2) is 0 Å². The molecule has 4 heteroatoms. The van der Waals surface area contributed by atoms with Gasteiger partial charge in [0, 0.05) is 6.20 Å². The van der Waals surface area contributed by atoms with Gasteiger partial charge in [0.25, 0.3) is 0 Å². The zero-order valence-corrected chi connectivity index (χ0v) is 9.75. The third-order valence-electron chi connectivity index (χ3n) is 2.93. The summed E-state index contributed by atoms with van der Waals surface area (Å²) < 4.78 is 0. The molecule has 0 aromatic carbocycles. The van der Waals surface area contributed by atoms with Crippen LogP contribution in [0.1, 0.15) is 26.3 Å². The Kier molecular flexibility index (Phi) is 3.35. The highest BCUT2D eigenvalue weighted by Crippen LogP contribution is 2.32. The van der Waals surface area contributed by atoms with Crippen molar-refractivity contribution in [3.8, 4) is 0 Å². The molecule has 1 heterocycles. The lowest BCUT2D eigenvalue weighted by atomic mass is 9.74. The van der Waals surface area contributed by atoms with Crippen molar-refractivity contribution in [1.29, 1.82) is 0 Å².